The molecular weight excluding hydrogens is 277 g/mol. The molecule has 0 radical (unpaired) electrons. The highest BCUT2D eigenvalue weighted by molar-refractivity contribution is 5.55. The van der Waals surface area contributed by atoms with Gasteiger partial charge in [0.2, 0.25) is 0 Å². The molecule has 0 aliphatic carbocycles. The van der Waals surface area contributed by atoms with Crippen LogP contribution in [0.15, 0.2) is 18.2 Å². The predicted octanol–water partition coefficient (Wildman–Crippen LogP) is 3.98. The summed E-state index contributed by atoms with van der Waals surface area (Å²) in [5, 5.41) is 3.48. The maximum Gasteiger partial charge on any atom is 0.416 e. The van der Waals surface area contributed by atoms with Crippen LogP contribution in [0.2, 0.25) is 0 Å². The Morgan fingerprint density at radius 1 is 1.33 bits per heavy atom. The fourth-order valence-corrected chi connectivity index (χ4v) is 2.88. The topological polar surface area (TPSA) is 15.3 Å². The van der Waals surface area contributed by atoms with Crippen molar-refractivity contribution in [2.75, 3.05) is 24.5 Å². The second kappa shape index (κ2) is 6.69. The van der Waals surface area contributed by atoms with Gasteiger partial charge in [-0.3, -0.25) is 0 Å². The lowest BCUT2D eigenvalue weighted by Gasteiger charge is -2.28. The standard InChI is InChI=1S/C16H23F3N2/c1-3-5-14-11-21(9-4-8-20-14)15-10-13(16(17,18)19)7-6-12(15)2/h6-7,10,14,20H,3-5,8-9,11H2,1-2H3. The number of aryl methyl sites for hydroxylation is 1. The quantitative estimate of drug-likeness (QED) is 0.908. The largest absolute Gasteiger partial charge is 0.416 e. The van der Waals surface area contributed by atoms with Gasteiger partial charge in [-0.05, 0) is 44.0 Å². The molecule has 2 rings (SSSR count). The molecule has 1 unspecified atom stereocenters. The van der Waals surface area contributed by atoms with Gasteiger partial charge in [-0.1, -0.05) is 19.4 Å². The summed E-state index contributed by atoms with van der Waals surface area (Å²) in [6.45, 7) is 6.51. The zero-order chi connectivity index (χ0) is 15.5. The molecule has 1 fully saturated rings. The Kier molecular flexibility index (Phi) is 5.14. The second-order valence-electron chi connectivity index (χ2n) is 5.74. The monoisotopic (exact) mass is 300 g/mol. The molecule has 21 heavy (non-hydrogen) atoms. The number of benzene rings is 1. The third kappa shape index (κ3) is 4.13. The van der Waals surface area contributed by atoms with Crippen molar-refractivity contribution in [1.82, 2.24) is 5.32 Å². The fourth-order valence-electron chi connectivity index (χ4n) is 2.88. The van der Waals surface area contributed by atoms with E-state index < -0.39 is 11.7 Å². The van der Waals surface area contributed by atoms with Gasteiger partial charge in [0.05, 0.1) is 5.56 Å². The summed E-state index contributed by atoms with van der Waals surface area (Å²) in [5.41, 5.74) is 1.06. The van der Waals surface area contributed by atoms with Crippen molar-refractivity contribution < 1.29 is 13.2 Å². The smallest absolute Gasteiger partial charge is 0.370 e. The van der Waals surface area contributed by atoms with Crippen LogP contribution in [0.1, 0.15) is 37.3 Å². The van der Waals surface area contributed by atoms with Gasteiger partial charge < -0.3 is 10.2 Å². The lowest BCUT2D eigenvalue weighted by Crippen LogP contribution is -2.37. The number of rotatable bonds is 3. The van der Waals surface area contributed by atoms with Gasteiger partial charge in [-0.2, -0.15) is 13.2 Å². The second-order valence-corrected chi connectivity index (χ2v) is 5.74. The number of nitrogens with zero attached hydrogens (tertiary/aromatic N) is 1. The van der Waals surface area contributed by atoms with E-state index in [1.807, 2.05) is 6.92 Å². The molecule has 1 aliphatic heterocycles. The van der Waals surface area contributed by atoms with Crippen LogP contribution in [0.3, 0.4) is 0 Å². The van der Waals surface area contributed by atoms with E-state index in [0.29, 0.717) is 6.04 Å². The summed E-state index contributed by atoms with van der Waals surface area (Å²) in [7, 11) is 0. The van der Waals surface area contributed by atoms with Gasteiger partial charge in [0.15, 0.2) is 0 Å². The molecule has 1 atom stereocenters. The van der Waals surface area contributed by atoms with Gasteiger partial charge in [0, 0.05) is 24.8 Å². The Balaban J connectivity index is 2.26. The molecule has 0 aromatic heterocycles. The van der Waals surface area contributed by atoms with Crippen LogP contribution in [0.5, 0.6) is 0 Å². The van der Waals surface area contributed by atoms with E-state index >= 15 is 0 Å². The Bertz CT molecular complexity index is 471. The summed E-state index contributed by atoms with van der Waals surface area (Å²) in [6, 6.07) is 4.39. The van der Waals surface area contributed by atoms with E-state index in [1.54, 1.807) is 6.07 Å². The van der Waals surface area contributed by atoms with Gasteiger partial charge in [-0.15, -0.1) is 0 Å². The van der Waals surface area contributed by atoms with E-state index in [9.17, 15) is 13.2 Å². The summed E-state index contributed by atoms with van der Waals surface area (Å²) in [4.78, 5) is 2.10. The molecule has 0 saturated carbocycles. The Morgan fingerprint density at radius 3 is 2.76 bits per heavy atom. The van der Waals surface area contributed by atoms with E-state index in [1.165, 1.54) is 12.1 Å². The minimum absolute atomic E-state index is 0.353. The van der Waals surface area contributed by atoms with Crippen LogP contribution in [-0.2, 0) is 6.18 Å². The first-order valence-electron chi connectivity index (χ1n) is 7.58. The minimum atomic E-state index is -4.28. The highest BCUT2D eigenvalue weighted by Crippen LogP contribution is 2.33. The minimum Gasteiger partial charge on any atom is -0.370 e. The third-order valence-electron chi connectivity index (χ3n) is 3.99. The Hall–Kier alpha value is -1.23. The number of nitrogens with one attached hydrogen (secondary N) is 1. The van der Waals surface area contributed by atoms with Crippen molar-refractivity contribution in [1.29, 1.82) is 0 Å². The first kappa shape index (κ1) is 16.1. The highest BCUT2D eigenvalue weighted by atomic mass is 19.4. The SMILES string of the molecule is CCCC1CN(c2cc(C(F)(F)F)ccc2C)CCCN1. The molecule has 1 aliphatic rings. The van der Waals surface area contributed by atoms with Crippen LogP contribution in [0.25, 0.3) is 0 Å². The van der Waals surface area contributed by atoms with Crippen LogP contribution in [0, 0.1) is 6.92 Å². The van der Waals surface area contributed by atoms with Crippen molar-refractivity contribution in [2.24, 2.45) is 0 Å². The van der Waals surface area contributed by atoms with E-state index in [0.717, 1.165) is 50.1 Å². The van der Waals surface area contributed by atoms with E-state index in [-0.39, 0.29) is 0 Å². The normalized spacial score (nSPS) is 20.4. The molecule has 1 N–H and O–H groups in total. The molecule has 1 aromatic carbocycles. The molecule has 0 bridgehead atoms. The molecule has 1 heterocycles. The zero-order valence-corrected chi connectivity index (χ0v) is 12.6. The number of anilines is 1. The van der Waals surface area contributed by atoms with Gasteiger partial charge in [-0.25, -0.2) is 0 Å². The number of alkyl halides is 3. The third-order valence-corrected chi connectivity index (χ3v) is 3.99. The average Bonchev–Trinajstić information content (AvgIpc) is 2.64. The lowest BCUT2D eigenvalue weighted by atomic mass is 10.1. The van der Waals surface area contributed by atoms with Gasteiger partial charge in [0.1, 0.15) is 0 Å². The van der Waals surface area contributed by atoms with Crippen LogP contribution in [0.4, 0.5) is 18.9 Å². The van der Waals surface area contributed by atoms with Gasteiger partial charge in [0.25, 0.3) is 0 Å². The van der Waals surface area contributed by atoms with Crippen LogP contribution < -0.4 is 10.2 Å². The van der Waals surface area contributed by atoms with Gasteiger partial charge >= 0.3 is 6.18 Å². The number of hydrogen-bond donors (Lipinski definition) is 1. The number of halogens is 3. The van der Waals surface area contributed by atoms with Crippen molar-refractivity contribution in [2.45, 2.75) is 45.3 Å². The van der Waals surface area contributed by atoms with Crippen molar-refractivity contribution in [3.63, 3.8) is 0 Å². The first-order chi connectivity index (χ1) is 9.91. The maximum atomic E-state index is 12.9. The summed E-state index contributed by atoms with van der Waals surface area (Å²) in [5.74, 6) is 0. The number of hydrogen-bond acceptors (Lipinski definition) is 2. The summed E-state index contributed by atoms with van der Waals surface area (Å²) < 4.78 is 38.7. The molecule has 2 nitrogen and oxygen atoms in total. The molecule has 0 amide bonds. The van der Waals surface area contributed by atoms with Crippen LogP contribution >= 0.6 is 0 Å². The van der Waals surface area contributed by atoms with Crippen molar-refractivity contribution >= 4 is 5.69 Å². The highest BCUT2D eigenvalue weighted by Gasteiger charge is 2.31. The molecule has 5 heteroatoms. The van der Waals surface area contributed by atoms with Crippen molar-refractivity contribution in [3.8, 4) is 0 Å². The van der Waals surface area contributed by atoms with E-state index in [4.69, 9.17) is 0 Å². The molecule has 118 valence electrons. The summed E-state index contributed by atoms with van der Waals surface area (Å²) >= 11 is 0. The Labute approximate surface area is 124 Å². The first-order valence-corrected chi connectivity index (χ1v) is 7.58. The molecular formula is C16H23F3N2. The average molecular weight is 300 g/mol. The zero-order valence-electron chi connectivity index (χ0n) is 12.6. The van der Waals surface area contributed by atoms with Crippen LogP contribution in [-0.4, -0.2) is 25.7 Å². The molecule has 0 spiro atoms. The maximum absolute atomic E-state index is 12.9. The predicted molar refractivity (Wildman–Crippen MR) is 79.7 cm³/mol. The van der Waals surface area contributed by atoms with Crippen molar-refractivity contribution in [3.05, 3.63) is 29.3 Å². The van der Waals surface area contributed by atoms with E-state index in [2.05, 4.69) is 17.1 Å². The fraction of sp³-hybridized carbons (Fsp3) is 0.625. The molecule has 1 aromatic rings. The Morgan fingerprint density at radius 2 is 2.10 bits per heavy atom. The summed E-state index contributed by atoms with van der Waals surface area (Å²) in [6.07, 6.45) is -1.20. The lowest BCUT2D eigenvalue weighted by molar-refractivity contribution is -0.137. The molecule has 1 saturated heterocycles.